The first-order valence-corrected chi connectivity index (χ1v) is 15.5. The van der Waals surface area contributed by atoms with Crippen molar-refractivity contribution in [1.82, 2.24) is 4.31 Å². The van der Waals surface area contributed by atoms with Crippen LogP contribution in [0.15, 0.2) is 59.5 Å². The van der Waals surface area contributed by atoms with Crippen LogP contribution in [-0.4, -0.2) is 87.2 Å². The van der Waals surface area contributed by atoms with E-state index in [1.54, 1.807) is 0 Å². The van der Waals surface area contributed by atoms with Gasteiger partial charge in [-0.25, -0.2) is 8.42 Å². The zero-order chi connectivity index (χ0) is 30.3. The summed E-state index contributed by atoms with van der Waals surface area (Å²) >= 11 is 0. The van der Waals surface area contributed by atoms with Gasteiger partial charge in [-0.05, 0) is 41.9 Å². The van der Waals surface area contributed by atoms with Gasteiger partial charge in [0.2, 0.25) is 10.0 Å². The van der Waals surface area contributed by atoms with Crippen LogP contribution < -0.4 is 5.46 Å². The second-order valence-electron chi connectivity index (χ2n) is 11.1. The number of rotatable bonds is 15. The molecule has 13 heteroatoms. The minimum absolute atomic E-state index is 0.0179. The molecule has 0 radical (unpaired) electrons. The Morgan fingerprint density at radius 2 is 1.83 bits per heavy atom. The molecule has 5 atom stereocenters. The van der Waals surface area contributed by atoms with E-state index in [2.05, 4.69) is 4.65 Å². The predicted octanol–water partition coefficient (Wildman–Crippen LogP) is 1.11. The summed E-state index contributed by atoms with van der Waals surface area (Å²) in [5, 5.41) is 21.3. The van der Waals surface area contributed by atoms with E-state index in [1.807, 2.05) is 44.2 Å². The van der Waals surface area contributed by atoms with E-state index in [4.69, 9.17) is 14.2 Å². The highest BCUT2D eigenvalue weighted by molar-refractivity contribution is 7.89. The Morgan fingerprint density at radius 1 is 1.12 bits per heavy atom. The molecule has 2 aromatic rings. The number of nitrogens with zero attached hydrogens (tertiary/aromatic N) is 1. The molecule has 0 aliphatic carbocycles. The zero-order valence-corrected chi connectivity index (χ0v) is 24.6. The molecule has 2 fully saturated rings. The molecular weight excluding hydrogens is 565 g/mol. The Bertz CT molecular complexity index is 1280. The summed E-state index contributed by atoms with van der Waals surface area (Å²) in [5.74, 6) is -1.19. The number of fused-ring (bicyclic) bond motifs is 1. The van der Waals surface area contributed by atoms with Gasteiger partial charge in [0.1, 0.15) is 6.10 Å². The third kappa shape index (κ3) is 8.18. The van der Waals surface area contributed by atoms with E-state index in [0.29, 0.717) is 13.0 Å². The lowest BCUT2D eigenvalue weighted by Gasteiger charge is -2.30. The summed E-state index contributed by atoms with van der Waals surface area (Å²) in [5.41, 5.74) is 1.11. The minimum Gasteiger partial charge on any atom is -0.508 e. The largest absolute Gasteiger partial charge is 0.561 e. The molecule has 0 bridgehead atoms. The maximum Gasteiger partial charge on any atom is 0.561 e. The van der Waals surface area contributed by atoms with Gasteiger partial charge in [-0.3, -0.25) is 9.59 Å². The van der Waals surface area contributed by atoms with Crippen molar-refractivity contribution in [2.45, 2.75) is 56.5 Å². The predicted molar refractivity (Wildman–Crippen MR) is 153 cm³/mol. The number of esters is 1. The molecular formula is C29H38BNO10S. The van der Waals surface area contributed by atoms with E-state index in [0.717, 1.165) is 12.0 Å². The van der Waals surface area contributed by atoms with Crippen LogP contribution in [0.25, 0.3) is 0 Å². The van der Waals surface area contributed by atoms with Crippen LogP contribution in [0.5, 0.6) is 0 Å². The van der Waals surface area contributed by atoms with E-state index in [9.17, 15) is 28.1 Å². The van der Waals surface area contributed by atoms with Gasteiger partial charge < -0.3 is 29.0 Å². The highest BCUT2D eigenvalue weighted by Gasteiger charge is 2.44. The van der Waals surface area contributed by atoms with Crippen LogP contribution in [0, 0.1) is 17.8 Å². The molecule has 0 aromatic heterocycles. The number of benzene rings is 2. The summed E-state index contributed by atoms with van der Waals surface area (Å²) in [6.07, 6.45) is -0.995. The molecule has 5 unspecified atom stereocenters. The Kier molecular flexibility index (Phi) is 11.2. The van der Waals surface area contributed by atoms with Crippen molar-refractivity contribution >= 4 is 35.0 Å². The molecule has 2 aliphatic heterocycles. The first kappa shape index (κ1) is 32.1. The fraction of sp³-hybridized carbons (Fsp3) is 0.517. The summed E-state index contributed by atoms with van der Waals surface area (Å²) in [6.45, 7) is 4.53. The fourth-order valence-corrected chi connectivity index (χ4v) is 6.98. The first-order chi connectivity index (χ1) is 20.1. The monoisotopic (exact) mass is 603 g/mol. The van der Waals surface area contributed by atoms with Gasteiger partial charge in [-0.15, -0.1) is 0 Å². The molecule has 228 valence electrons. The number of hydrogen-bond donors (Lipinski definition) is 2. The van der Waals surface area contributed by atoms with Gasteiger partial charge in [0.25, 0.3) is 6.47 Å². The lowest BCUT2D eigenvalue weighted by atomic mass is 9.80. The van der Waals surface area contributed by atoms with E-state index in [1.165, 1.54) is 28.6 Å². The normalized spacial score (nSPS) is 21.6. The second kappa shape index (κ2) is 14.6. The van der Waals surface area contributed by atoms with Gasteiger partial charge in [0.15, 0.2) is 6.29 Å². The van der Waals surface area contributed by atoms with Crippen molar-refractivity contribution in [3.63, 3.8) is 0 Å². The molecule has 2 N–H and O–H groups in total. The summed E-state index contributed by atoms with van der Waals surface area (Å²) < 4.78 is 50.0. The summed E-state index contributed by atoms with van der Waals surface area (Å²) in [4.78, 5) is 23.6. The Labute approximate surface area is 246 Å². The van der Waals surface area contributed by atoms with Crippen molar-refractivity contribution in [2.24, 2.45) is 17.8 Å². The van der Waals surface area contributed by atoms with E-state index >= 15 is 0 Å². The van der Waals surface area contributed by atoms with Crippen molar-refractivity contribution < 1.29 is 47.0 Å². The summed E-state index contributed by atoms with van der Waals surface area (Å²) in [6, 6.07) is 14.7. The quantitative estimate of drug-likeness (QED) is 0.172. The fourth-order valence-electron chi connectivity index (χ4n) is 5.36. The third-order valence-corrected chi connectivity index (χ3v) is 9.37. The van der Waals surface area contributed by atoms with Crippen molar-refractivity contribution in [3.05, 3.63) is 60.2 Å². The maximum atomic E-state index is 13.7. The summed E-state index contributed by atoms with van der Waals surface area (Å²) in [7, 11) is -5.59. The highest BCUT2D eigenvalue weighted by Crippen LogP contribution is 2.33. The number of carbonyl (C=O) groups excluding carboxylic acids is 2. The molecule has 2 saturated heterocycles. The lowest BCUT2D eigenvalue weighted by Crippen LogP contribution is -2.43. The number of ether oxygens (including phenoxy) is 3. The van der Waals surface area contributed by atoms with Crippen LogP contribution >= 0.6 is 0 Å². The Hall–Kier alpha value is -2.81. The van der Waals surface area contributed by atoms with Gasteiger partial charge in [-0.1, -0.05) is 56.3 Å². The van der Waals surface area contributed by atoms with Crippen LogP contribution in [0.1, 0.15) is 32.3 Å². The number of aliphatic hydroxyl groups excluding tert-OH is 1. The average molecular weight is 603 g/mol. The molecule has 2 aromatic carbocycles. The number of carbonyl (C=O) groups is 2. The Balaban J connectivity index is 1.51. The number of hydrogen-bond acceptors (Lipinski definition) is 10. The van der Waals surface area contributed by atoms with Gasteiger partial charge in [0, 0.05) is 19.0 Å². The molecule has 42 heavy (non-hydrogen) atoms. The maximum absolute atomic E-state index is 13.7. The number of sulfonamides is 1. The van der Waals surface area contributed by atoms with Gasteiger partial charge >= 0.3 is 13.1 Å². The van der Waals surface area contributed by atoms with Gasteiger partial charge in [-0.2, -0.15) is 4.31 Å². The van der Waals surface area contributed by atoms with Crippen LogP contribution in [0.4, 0.5) is 0 Å². The topological polar surface area (TPSA) is 149 Å². The second-order valence-corrected chi connectivity index (χ2v) is 13.1. The zero-order valence-electron chi connectivity index (χ0n) is 23.8. The molecule has 0 amide bonds. The van der Waals surface area contributed by atoms with Crippen molar-refractivity contribution in [1.29, 1.82) is 0 Å². The molecule has 2 aliphatic rings. The van der Waals surface area contributed by atoms with E-state index in [-0.39, 0.29) is 61.1 Å². The molecule has 0 spiro atoms. The number of aliphatic hydroxyl groups is 1. The molecule has 2 heterocycles. The molecule has 11 nitrogen and oxygen atoms in total. The van der Waals surface area contributed by atoms with Crippen LogP contribution in [0.2, 0.25) is 0 Å². The highest BCUT2D eigenvalue weighted by atomic mass is 32.2. The smallest absolute Gasteiger partial charge is 0.508 e. The van der Waals surface area contributed by atoms with Crippen LogP contribution in [0.3, 0.4) is 0 Å². The van der Waals surface area contributed by atoms with Crippen LogP contribution in [-0.2, 0) is 44.9 Å². The molecule has 4 rings (SSSR count). The average Bonchev–Trinajstić information content (AvgIpc) is 3.58. The van der Waals surface area contributed by atoms with E-state index < -0.39 is 41.2 Å². The van der Waals surface area contributed by atoms with Crippen molar-refractivity contribution in [2.75, 3.05) is 26.3 Å². The standard InChI is InChI=1S/C29H38BNO10S/c1-20(2)16-31(42(36,37)24-10-8-23(9-11-24)30(35)40-19-32)17-26(33)22(14-21-6-4-3-5-7-21)15-28(34)41-27-18-39-29-25(27)12-13-38-29/h3-11,19-20,22,25-27,29,33,35H,12-18H2,1-2H3. The third-order valence-electron chi connectivity index (χ3n) is 7.53. The SMILES string of the molecule is CC(C)CN(CC(O)C(CC(=O)OC1COC2OCCC12)Cc1ccccc1)S(=O)(=O)c1ccc(B(O)OC=O)cc1. The minimum atomic E-state index is -4.07. The lowest BCUT2D eigenvalue weighted by molar-refractivity contribution is -0.153. The Morgan fingerprint density at radius 3 is 2.50 bits per heavy atom. The molecule has 0 saturated carbocycles. The van der Waals surface area contributed by atoms with Crippen molar-refractivity contribution in [3.8, 4) is 0 Å². The first-order valence-electron chi connectivity index (χ1n) is 14.1. The van der Waals surface area contributed by atoms with Gasteiger partial charge in [0.05, 0.1) is 36.6 Å².